The SMILES string of the molecule is Cc1ccc2n1CCN(C(=O)c1csc(CN)n1)C2C. The number of nitrogens with two attached hydrogens (primary N) is 1. The summed E-state index contributed by atoms with van der Waals surface area (Å²) in [4.78, 5) is 18.8. The highest BCUT2D eigenvalue weighted by Crippen LogP contribution is 2.28. The molecule has 3 rings (SSSR count). The van der Waals surface area contributed by atoms with Crippen molar-refractivity contribution >= 4 is 17.2 Å². The molecule has 0 fully saturated rings. The molecule has 0 aromatic carbocycles. The molecule has 106 valence electrons. The van der Waals surface area contributed by atoms with Crippen molar-refractivity contribution in [3.8, 4) is 0 Å². The lowest BCUT2D eigenvalue weighted by Crippen LogP contribution is -2.41. The van der Waals surface area contributed by atoms with Gasteiger partial charge in [-0.1, -0.05) is 0 Å². The van der Waals surface area contributed by atoms with E-state index < -0.39 is 0 Å². The molecule has 1 aliphatic heterocycles. The third-order valence-electron chi connectivity index (χ3n) is 3.90. The maximum Gasteiger partial charge on any atom is 0.273 e. The third-order valence-corrected chi connectivity index (χ3v) is 4.77. The molecule has 0 saturated heterocycles. The molecular weight excluding hydrogens is 272 g/mol. The Morgan fingerprint density at radius 2 is 2.30 bits per heavy atom. The highest BCUT2D eigenvalue weighted by molar-refractivity contribution is 7.09. The van der Waals surface area contributed by atoms with Crippen molar-refractivity contribution in [2.24, 2.45) is 5.73 Å². The number of amides is 1. The predicted octanol–water partition coefficient (Wildman–Crippen LogP) is 1.93. The van der Waals surface area contributed by atoms with Gasteiger partial charge in [0.05, 0.1) is 6.04 Å². The molecule has 20 heavy (non-hydrogen) atoms. The molecular formula is C14H18N4OS. The summed E-state index contributed by atoms with van der Waals surface area (Å²) in [6, 6.07) is 4.29. The first-order chi connectivity index (χ1) is 9.61. The van der Waals surface area contributed by atoms with Crippen LogP contribution >= 0.6 is 11.3 Å². The molecule has 1 amide bonds. The largest absolute Gasteiger partial charge is 0.345 e. The van der Waals surface area contributed by atoms with Crippen molar-refractivity contribution in [2.45, 2.75) is 33.0 Å². The maximum absolute atomic E-state index is 12.6. The molecule has 1 aliphatic rings. The van der Waals surface area contributed by atoms with Crippen molar-refractivity contribution in [3.63, 3.8) is 0 Å². The van der Waals surface area contributed by atoms with Gasteiger partial charge in [-0.15, -0.1) is 11.3 Å². The lowest BCUT2D eigenvalue weighted by Gasteiger charge is -2.35. The van der Waals surface area contributed by atoms with Crippen LogP contribution in [0.4, 0.5) is 0 Å². The monoisotopic (exact) mass is 290 g/mol. The van der Waals surface area contributed by atoms with E-state index in [0.29, 0.717) is 12.2 Å². The Kier molecular flexibility index (Phi) is 3.35. The van der Waals surface area contributed by atoms with Crippen LogP contribution < -0.4 is 5.73 Å². The second kappa shape index (κ2) is 5.03. The van der Waals surface area contributed by atoms with E-state index >= 15 is 0 Å². The van der Waals surface area contributed by atoms with Crippen LogP contribution in [0.15, 0.2) is 17.5 Å². The van der Waals surface area contributed by atoms with E-state index in [1.165, 1.54) is 22.7 Å². The van der Waals surface area contributed by atoms with E-state index in [2.05, 4.69) is 35.5 Å². The van der Waals surface area contributed by atoms with E-state index in [9.17, 15) is 4.79 Å². The van der Waals surface area contributed by atoms with Gasteiger partial charge in [0.25, 0.3) is 5.91 Å². The lowest BCUT2D eigenvalue weighted by atomic mass is 10.1. The molecule has 0 radical (unpaired) electrons. The summed E-state index contributed by atoms with van der Waals surface area (Å²) in [6.45, 7) is 6.12. The van der Waals surface area contributed by atoms with Gasteiger partial charge in [0, 0.05) is 36.4 Å². The Bertz CT molecular complexity index is 645. The van der Waals surface area contributed by atoms with E-state index in [-0.39, 0.29) is 11.9 Å². The molecule has 2 aromatic rings. The van der Waals surface area contributed by atoms with Gasteiger partial charge in [0.2, 0.25) is 0 Å². The fraction of sp³-hybridized carbons (Fsp3) is 0.429. The van der Waals surface area contributed by atoms with Crippen LogP contribution in [0, 0.1) is 6.92 Å². The molecule has 3 heterocycles. The van der Waals surface area contributed by atoms with Gasteiger partial charge in [-0.3, -0.25) is 4.79 Å². The number of aromatic nitrogens is 2. The van der Waals surface area contributed by atoms with Crippen molar-refractivity contribution < 1.29 is 4.79 Å². The number of hydrogen-bond acceptors (Lipinski definition) is 4. The van der Waals surface area contributed by atoms with Crippen molar-refractivity contribution in [3.05, 3.63) is 39.6 Å². The molecule has 0 bridgehead atoms. The summed E-state index contributed by atoms with van der Waals surface area (Å²) in [5, 5.41) is 2.60. The topological polar surface area (TPSA) is 64.2 Å². The summed E-state index contributed by atoms with van der Waals surface area (Å²) < 4.78 is 2.28. The van der Waals surface area contributed by atoms with Crippen LogP contribution in [0.2, 0.25) is 0 Å². The van der Waals surface area contributed by atoms with Gasteiger partial charge in [-0.25, -0.2) is 4.98 Å². The van der Waals surface area contributed by atoms with Crippen LogP contribution in [0.5, 0.6) is 0 Å². The first-order valence-corrected chi connectivity index (χ1v) is 7.61. The van der Waals surface area contributed by atoms with Gasteiger partial charge < -0.3 is 15.2 Å². The summed E-state index contributed by atoms with van der Waals surface area (Å²) in [6.07, 6.45) is 0. The average Bonchev–Trinajstić information content (AvgIpc) is 3.06. The summed E-state index contributed by atoms with van der Waals surface area (Å²) >= 11 is 1.44. The van der Waals surface area contributed by atoms with Gasteiger partial charge in [0.15, 0.2) is 0 Å². The summed E-state index contributed by atoms with van der Waals surface area (Å²) in [7, 11) is 0. The Hall–Kier alpha value is -1.66. The molecule has 0 aliphatic carbocycles. The van der Waals surface area contributed by atoms with Crippen LogP contribution in [-0.2, 0) is 13.1 Å². The van der Waals surface area contributed by atoms with E-state index in [4.69, 9.17) is 5.73 Å². The van der Waals surface area contributed by atoms with Crippen LogP contribution in [0.3, 0.4) is 0 Å². The third kappa shape index (κ3) is 2.05. The minimum atomic E-state index is -0.00134. The highest BCUT2D eigenvalue weighted by atomic mass is 32.1. The smallest absolute Gasteiger partial charge is 0.273 e. The van der Waals surface area contributed by atoms with Gasteiger partial charge >= 0.3 is 0 Å². The standard InChI is InChI=1S/C14H18N4OS/c1-9-3-4-12-10(2)18(6-5-17(9)12)14(19)11-8-20-13(7-15)16-11/h3-4,8,10H,5-7,15H2,1-2H3. The quantitative estimate of drug-likeness (QED) is 0.919. The number of thiazole rings is 1. The molecule has 6 heteroatoms. The number of nitrogens with zero attached hydrogens (tertiary/aromatic N) is 3. The minimum absolute atomic E-state index is 0.00134. The summed E-state index contributed by atoms with van der Waals surface area (Å²) in [5.41, 5.74) is 8.51. The number of hydrogen-bond donors (Lipinski definition) is 1. The van der Waals surface area contributed by atoms with Crippen LogP contribution in [0.25, 0.3) is 0 Å². The number of carbonyl (C=O) groups is 1. The van der Waals surface area contributed by atoms with E-state index in [0.717, 1.165) is 18.1 Å². The van der Waals surface area contributed by atoms with Crippen LogP contribution in [-0.4, -0.2) is 26.9 Å². The Morgan fingerprint density at radius 1 is 1.50 bits per heavy atom. The van der Waals surface area contributed by atoms with E-state index in [1.54, 1.807) is 5.38 Å². The molecule has 0 saturated carbocycles. The van der Waals surface area contributed by atoms with Crippen molar-refractivity contribution in [2.75, 3.05) is 6.54 Å². The minimum Gasteiger partial charge on any atom is -0.345 e. The first-order valence-electron chi connectivity index (χ1n) is 6.73. The zero-order chi connectivity index (χ0) is 14.3. The Morgan fingerprint density at radius 3 is 3.00 bits per heavy atom. The normalized spacial score (nSPS) is 18.1. The van der Waals surface area contributed by atoms with Crippen molar-refractivity contribution in [1.82, 2.24) is 14.5 Å². The second-order valence-corrected chi connectivity index (χ2v) is 6.00. The molecule has 2 N–H and O–H groups in total. The van der Waals surface area contributed by atoms with Crippen molar-refractivity contribution in [1.29, 1.82) is 0 Å². The number of aryl methyl sites for hydroxylation is 1. The first kappa shape index (κ1) is 13.3. The molecule has 2 aromatic heterocycles. The Balaban J connectivity index is 1.86. The van der Waals surface area contributed by atoms with Gasteiger partial charge in [-0.05, 0) is 26.0 Å². The number of rotatable bonds is 2. The van der Waals surface area contributed by atoms with Gasteiger partial charge in [0.1, 0.15) is 10.7 Å². The summed E-state index contributed by atoms with van der Waals surface area (Å²) in [5.74, 6) is -0.00134. The maximum atomic E-state index is 12.6. The Labute approximate surface area is 122 Å². The number of carbonyl (C=O) groups excluding carboxylic acids is 1. The average molecular weight is 290 g/mol. The van der Waals surface area contributed by atoms with Crippen LogP contribution in [0.1, 0.15) is 39.8 Å². The lowest BCUT2D eigenvalue weighted by molar-refractivity contribution is 0.0637. The highest BCUT2D eigenvalue weighted by Gasteiger charge is 2.29. The zero-order valence-corrected chi connectivity index (χ0v) is 12.5. The predicted molar refractivity (Wildman–Crippen MR) is 78.6 cm³/mol. The van der Waals surface area contributed by atoms with Gasteiger partial charge in [-0.2, -0.15) is 0 Å². The fourth-order valence-corrected chi connectivity index (χ4v) is 3.40. The van der Waals surface area contributed by atoms with E-state index in [1.807, 2.05) is 4.90 Å². The number of fused-ring (bicyclic) bond motifs is 1. The molecule has 1 unspecified atom stereocenters. The second-order valence-electron chi connectivity index (χ2n) is 5.06. The fourth-order valence-electron chi connectivity index (χ4n) is 2.75. The molecule has 0 spiro atoms. The molecule has 5 nitrogen and oxygen atoms in total. The molecule has 1 atom stereocenters. The zero-order valence-electron chi connectivity index (χ0n) is 11.7.